The zero-order valence-electron chi connectivity index (χ0n) is 15.3. The van der Waals surface area contributed by atoms with Gasteiger partial charge in [-0.25, -0.2) is 4.79 Å². The third-order valence-corrected chi connectivity index (χ3v) is 5.16. The van der Waals surface area contributed by atoms with Gasteiger partial charge in [0.05, 0.1) is 42.7 Å². The lowest BCUT2D eigenvalue weighted by molar-refractivity contribution is 0.0601. The summed E-state index contributed by atoms with van der Waals surface area (Å²) in [4.78, 5) is 29.2. The van der Waals surface area contributed by atoms with Crippen molar-refractivity contribution in [2.24, 2.45) is 12.0 Å². The molecule has 1 aromatic heterocycles. The first-order chi connectivity index (χ1) is 13.0. The number of rotatable bonds is 4. The maximum Gasteiger partial charge on any atom is 0.337 e. The number of ether oxygens (including phenoxy) is 3. The predicted molar refractivity (Wildman–Crippen MR) is 102 cm³/mol. The number of aromatic nitrogens is 1. The van der Waals surface area contributed by atoms with E-state index in [2.05, 4.69) is 4.99 Å². The molecule has 0 spiro atoms. The third-order valence-electron chi connectivity index (χ3n) is 4.06. The summed E-state index contributed by atoms with van der Waals surface area (Å²) in [5, 5.41) is 0. The quantitative estimate of drug-likeness (QED) is 0.644. The van der Waals surface area contributed by atoms with Gasteiger partial charge < -0.3 is 18.8 Å². The largest absolute Gasteiger partial charge is 0.493 e. The van der Waals surface area contributed by atoms with Crippen LogP contribution in [0.25, 0.3) is 10.2 Å². The molecule has 0 atom stereocenters. The Hall–Kier alpha value is -3.13. The molecule has 1 amide bonds. The van der Waals surface area contributed by atoms with E-state index in [4.69, 9.17) is 14.2 Å². The highest BCUT2D eigenvalue weighted by Gasteiger charge is 2.16. The van der Waals surface area contributed by atoms with Gasteiger partial charge in [0.2, 0.25) is 0 Å². The molecule has 2 aromatic carbocycles. The minimum absolute atomic E-state index is 0.310. The zero-order valence-corrected chi connectivity index (χ0v) is 16.1. The molecule has 3 rings (SSSR count). The van der Waals surface area contributed by atoms with Crippen LogP contribution in [0, 0.1) is 0 Å². The van der Waals surface area contributed by atoms with Crippen LogP contribution < -0.4 is 14.3 Å². The topological polar surface area (TPSA) is 79.1 Å². The summed E-state index contributed by atoms with van der Waals surface area (Å²) >= 11 is 1.31. The number of aryl methyl sites for hydroxylation is 1. The number of fused-ring (bicyclic) bond motifs is 1. The van der Waals surface area contributed by atoms with Crippen molar-refractivity contribution in [3.8, 4) is 11.5 Å². The first-order valence-corrected chi connectivity index (χ1v) is 8.79. The molecule has 0 saturated heterocycles. The molecule has 1 heterocycles. The van der Waals surface area contributed by atoms with Crippen molar-refractivity contribution in [1.82, 2.24) is 4.57 Å². The zero-order chi connectivity index (χ0) is 19.6. The van der Waals surface area contributed by atoms with Crippen LogP contribution in [0.3, 0.4) is 0 Å². The minimum Gasteiger partial charge on any atom is -0.493 e. The van der Waals surface area contributed by atoms with Crippen LogP contribution in [0.2, 0.25) is 0 Å². The molecule has 3 aromatic rings. The Morgan fingerprint density at radius 3 is 2.52 bits per heavy atom. The average Bonchev–Trinajstić information content (AvgIpc) is 3.01. The number of benzene rings is 2. The molecule has 140 valence electrons. The van der Waals surface area contributed by atoms with Crippen LogP contribution >= 0.6 is 11.3 Å². The average molecular weight is 386 g/mol. The number of nitrogens with zero attached hydrogens (tertiary/aromatic N) is 2. The van der Waals surface area contributed by atoms with E-state index >= 15 is 0 Å². The summed E-state index contributed by atoms with van der Waals surface area (Å²) in [5.41, 5.74) is 1.61. The fourth-order valence-electron chi connectivity index (χ4n) is 2.69. The van der Waals surface area contributed by atoms with E-state index in [0.717, 1.165) is 10.2 Å². The summed E-state index contributed by atoms with van der Waals surface area (Å²) in [6.45, 7) is 0. The van der Waals surface area contributed by atoms with Crippen molar-refractivity contribution in [3.05, 3.63) is 52.3 Å². The Morgan fingerprint density at radius 2 is 1.85 bits per heavy atom. The van der Waals surface area contributed by atoms with Crippen LogP contribution in [-0.4, -0.2) is 37.8 Å². The summed E-state index contributed by atoms with van der Waals surface area (Å²) < 4.78 is 17.9. The number of methoxy groups -OCH3 is 3. The molecule has 0 saturated carbocycles. The standard InChI is InChI=1S/C19H18N2O5S/c1-21-13-9-8-11(18(23)26-4)10-15(13)27-19(21)20-17(22)12-6-5-7-14(24-2)16(12)25-3/h5-10H,1-4H3. The van der Waals surface area contributed by atoms with Gasteiger partial charge in [0.15, 0.2) is 16.3 Å². The highest BCUT2D eigenvalue weighted by atomic mass is 32.1. The Morgan fingerprint density at radius 1 is 1.07 bits per heavy atom. The lowest BCUT2D eigenvalue weighted by Gasteiger charge is -2.09. The fourth-order valence-corrected chi connectivity index (χ4v) is 3.74. The van der Waals surface area contributed by atoms with Crippen LogP contribution in [0.15, 0.2) is 41.4 Å². The molecule has 0 N–H and O–H groups in total. The van der Waals surface area contributed by atoms with Gasteiger partial charge in [-0.05, 0) is 30.3 Å². The molecule has 0 aliphatic rings. The summed E-state index contributed by atoms with van der Waals surface area (Å²) in [6.07, 6.45) is 0. The minimum atomic E-state index is -0.443. The monoisotopic (exact) mass is 386 g/mol. The van der Waals surface area contributed by atoms with Gasteiger partial charge in [-0.1, -0.05) is 17.4 Å². The molecule has 0 fully saturated rings. The van der Waals surface area contributed by atoms with E-state index in [-0.39, 0.29) is 0 Å². The number of thiazole rings is 1. The molecule has 7 nitrogen and oxygen atoms in total. The molecule has 0 unspecified atom stereocenters. The van der Waals surface area contributed by atoms with Gasteiger partial charge in [0.1, 0.15) is 0 Å². The van der Waals surface area contributed by atoms with Crippen molar-refractivity contribution in [1.29, 1.82) is 0 Å². The van der Waals surface area contributed by atoms with E-state index in [1.165, 1.54) is 32.7 Å². The van der Waals surface area contributed by atoms with Gasteiger partial charge in [-0.2, -0.15) is 4.99 Å². The van der Waals surface area contributed by atoms with Crippen molar-refractivity contribution in [2.45, 2.75) is 0 Å². The van der Waals surface area contributed by atoms with Gasteiger partial charge in [0.25, 0.3) is 5.91 Å². The molecule has 0 aliphatic heterocycles. The third kappa shape index (κ3) is 3.43. The Kier molecular flexibility index (Phi) is 5.27. The number of esters is 1. The van der Waals surface area contributed by atoms with E-state index < -0.39 is 11.9 Å². The maximum absolute atomic E-state index is 12.7. The van der Waals surface area contributed by atoms with Crippen LogP contribution in [0.4, 0.5) is 0 Å². The van der Waals surface area contributed by atoms with Gasteiger partial charge in [0, 0.05) is 7.05 Å². The number of hydrogen-bond donors (Lipinski definition) is 0. The molecule has 0 aliphatic carbocycles. The molecule has 27 heavy (non-hydrogen) atoms. The highest BCUT2D eigenvalue weighted by Crippen LogP contribution is 2.31. The maximum atomic E-state index is 12.7. The molecule has 0 bridgehead atoms. The van der Waals surface area contributed by atoms with Crippen molar-refractivity contribution in [2.75, 3.05) is 21.3 Å². The normalized spacial score (nSPS) is 11.5. The van der Waals surface area contributed by atoms with Crippen molar-refractivity contribution >= 4 is 33.4 Å². The number of carbonyl (C=O) groups excluding carboxylic acids is 2. The fraction of sp³-hybridized carbons (Fsp3) is 0.211. The summed E-state index contributed by atoms with van der Waals surface area (Å²) in [7, 11) is 6.13. The molecule has 0 radical (unpaired) electrons. The smallest absolute Gasteiger partial charge is 0.337 e. The molecule has 8 heteroatoms. The molecular formula is C19H18N2O5S. The lowest BCUT2D eigenvalue weighted by atomic mass is 10.2. The second-order valence-electron chi connectivity index (χ2n) is 5.58. The van der Waals surface area contributed by atoms with E-state index in [1.807, 2.05) is 7.05 Å². The Bertz CT molecular complexity index is 1100. The van der Waals surface area contributed by atoms with Gasteiger partial charge in [-0.15, -0.1) is 0 Å². The van der Waals surface area contributed by atoms with Crippen molar-refractivity contribution < 1.29 is 23.8 Å². The molecular weight excluding hydrogens is 368 g/mol. The van der Waals surface area contributed by atoms with Gasteiger partial charge in [-0.3, -0.25) is 4.79 Å². The number of para-hydroxylation sites is 1. The SMILES string of the molecule is COC(=O)c1ccc2c(c1)sc(=NC(=O)c1cccc(OC)c1OC)n2C. The first-order valence-electron chi connectivity index (χ1n) is 7.98. The second-order valence-corrected chi connectivity index (χ2v) is 6.58. The van der Waals surface area contributed by atoms with Crippen LogP contribution in [0.5, 0.6) is 11.5 Å². The van der Waals surface area contributed by atoms with E-state index in [1.54, 1.807) is 41.0 Å². The lowest BCUT2D eigenvalue weighted by Crippen LogP contribution is -2.13. The van der Waals surface area contributed by atoms with Crippen LogP contribution in [-0.2, 0) is 11.8 Å². The summed E-state index contributed by atoms with van der Waals surface area (Å²) in [6, 6.07) is 10.3. The number of hydrogen-bond acceptors (Lipinski definition) is 6. The number of amides is 1. The Balaban J connectivity index is 2.09. The van der Waals surface area contributed by atoms with Crippen LogP contribution in [0.1, 0.15) is 20.7 Å². The highest BCUT2D eigenvalue weighted by molar-refractivity contribution is 7.16. The van der Waals surface area contributed by atoms with Gasteiger partial charge >= 0.3 is 5.97 Å². The Labute approximate surface area is 159 Å². The number of carbonyl (C=O) groups is 2. The first kappa shape index (κ1) is 18.7. The van der Waals surface area contributed by atoms with E-state index in [0.29, 0.717) is 27.4 Å². The van der Waals surface area contributed by atoms with Crippen molar-refractivity contribution in [3.63, 3.8) is 0 Å². The van der Waals surface area contributed by atoms with E-state index in [9.17, 15) is 9.59 Å². The predicted octanol–water partition coefficient (Wildman–Crippen LogP) is 2.78. The second kappa shape index (κ2) is 7.63. The summed E-state index contributed by atoms with van der Waals surface area (Å²) in [5.74, 6) is -0.0581.